The zero-order chi connectivity index (χ0) is 11.4. The first-order chi connectivity index (χ1) is 7.04. The zero-order valence-corrected chi connectivity index (χ0v) is 8.74. The molecular weight excluding hydrogens is 218 g/mol. The zero-order valence-electron chi connectivity index (χ0n) is 7.98. The number of carboxylic acids is 1. The summed E-state index contributed by atoms with van der Waals surface area (Å²) >= 11 is 5.60. The van der Waals surface area contributed by atoms with Gasteiger partial charge in [0.1, 0.15) is 11.8 Å². The minimum atomic E-state index is -1.05. The Hall–Kier alpha value is -1.26. The van der Waals surface area contributed by atoms with Crippen molar-refractivity contribution in [1.82, 2.24) is 0 Å². The lowest BCUT2D eigenvalue weighted by atomic mass is 10.0. The smallest absolute Gasteiger partial charge is 0.320 e. The van der Waals surface area contributed by atoms with Gasteiger partial charge in [-0.2, -0.15) is 0 Å². The average Bonchev–Trinajstić information content (AvgIpc) is 2.20. The van der Waals surface area contributed by atoms with Crippen LogP contribution >= 0.6 is 11.6 Å². The highest BCUT2D eigenvalue weighted by Crippen LogP contribution is 2.20. The fourth-order valence-corrected chi connectivity index (χ4v) is 1.43. The molecular formula is C10H12ClNO3. The molecule has 82 valence electrons. The largest absolute Gasteiger partial charge is 0.508 e. The average molecular weight is 230 g/mol. The van der Waals surface area contributed by atoms with Crippen LogP contribution in [0.25, 0.3) is 0 Å². The van der Waals surface area contributed by atoms with Crippen LogP contribution in [0.4, 0.5) is 0 Å². The third-order valence-corrected chi connectivity index (χ3v) is 2.35. The monoisotopic (exact) mass is 229 g/mol. The van der Waals surface area contributed by atoms with Crippen LogP contribution in [0.15, 0.2) is 18.2 Å². The summed E-state index contributed by atoms with van der Waals surface area (Å²) in [5.74, 6) is -0.754. The molecule has 0 fully saturated rings. The van der Waals surface area contributed by atoms with Gasteiger partial charge in [-0.3, -0.25) is 4.79 Å². The second-order valence-electron chi connectivity index (χ2n) is 3.25. The summed E-state index contributed by atoms with van der Waals surface area (Å²) in [7, 11) is 0. The van der Waals surface area contributed by atoms with Gasteiger partial charge < -0.3 is 15.9 Å². The number of carboxylic acid groups (broad SMARTS) is 1. The van der Waals surface area contributed by atoms with Crippen LogP contribution in [0.2, 0.25) is 0 Å². The van der Waals surface area contributed by atoms with E-state index in [9.17, 15) is 9.90 Å². The highest BCUT2D eigenvalue weighted by Gasteiger charge is 2.12. The summed E-state index contributed by atoms with van der Waals surface area (Å²) < 4.78 is 0. The molecule has 1 atom stereocenters. The van der Waals surface area contributed by atoms with Crippen LogP contribution in [0.3, 0.4) is 0 Å². The maximum atomic E-state index is 10.5. The number of aromatic hydroxyl groups is 1. The van der Waals surface area contributed by atoms with E-state index >= 15 is 0 Å². The van der Waals surface area contributed by atoms with Crippen molar-refractivity contribution < 1.29 is 15.0 Å². The van der Waals surface area contributed by atoms with E-state index in [0.717, 1.165) is 5.56 Å². The van der Waals surface area contributed by atoms with E-state index in [-0.39, 0.29) is 18.1 Å². The van der Waals surface area contributed by atoms with E-state index in [4.69, 9.17) is 22.4 Å². The van der Waals surface area contributed by atoms with Crippen LogP contribution in [0, 0.1) is 0 Å². The first kappa shape index (κ1) is 11.8. The number of hydrogen-bond donors (Lipinski definition) is 3. The van der Waals surface area contributed by atoms with E-state index < -0.39 is 12.0 Å². The topological polar surface area (TPSA) is 83.5 Å². The molecule has 1 rings (SSSR count). The molecule has 0 heterocycles. The molecule has 4 N–H and O–H groups in total. The van der Waals surface area contributed by atoms with Crippen molar-refractivity contribution in [2.75, 3.05) is 0 Å². The number of rotatable bonds is 4. The molecule has 0 radical (unpaired) electrons. The Kier molecular flexibility index (Phi) is 3.94. The van der Waals surface area contributed by atoms with Gasteiger partial charge in [0.25, 0.3) is 0 Å². The fourth-order valence-electron chi connectivity index (χ4n) is 1.21. The minimum Gasteiger partial charge on any atom is -0.508 e. The number of hydrogen-bond acceptors (Lipinski definition) is 3. The van der Waals surface area contributed by atoms with Crippen molar-refractivity contribution in [1.29, 1.82) is 0 Å². The van der Waals surface area contributed by atoms with Crippen LogP contribution in [0.1, 0.15) is 11.1 Å². The van der Waals surface area contributed by atoms with Crippen molar-refractivity contribution in [3.63, 3.8) is 0 Å². The van der Waals surface area contributed by atoms with Crippen molar-refractivity contribution in [3.8, 4) is 5.75 Å². The van der Waals surface area contributed by atoms with Gasteiger partial charge in [-0.25, -0.2) is 0 Å². The number of phenolic OH excluding ortho intramolecular Hbond substituents is 1. The molecule has 0 unspecified atom stereocenters. The molecule has 0 aromatic heterocycles. The fraction of sp³-hybridized carbons (Fsp3) is 0.300. The molecule has 0 aliphatic carbocycles. The molecule has 0 bridgehead atoms. The first-order valence-electron chi connectivity index (χ1n) is 4.39. The second-order valence-corrected chi connectivity index (χ2v) is 3.51. The van der Waals surface area contributed by atoms with E-state index in [0.29, 0.717) is 5.56 Å². The summed E-state index contributed by atoms with van der Waals surface area (Å²) in [6.45, 7) is 0. The Morgan fingerprint density at radius 3 is 2.73 bits per heavy atom. The van der Waals surface area contributed by atoms with Gasteiger partial charge in [-0.15, -0.1) is 11.6 Å². The third-order valence-electron chi connectivity index (χ3n) is 2.06. The minimum absolute atomic E-state index is 0.109. The standard InChI is InChI=1S/C10H12ClNO3/c11-5-7-3-6(1-2-9(7)13)4-8(12)10(14)15/h1-3,8,13H,4-5,12H2,(H,14,15)/t8-/m1/s1. The molecule has 0 aliphatic rings. The summed E-state index contributed by atoms with van der Waals surface area (Å²) in [5, 5.41) is 18.0. The van der Waals surface area contributed by atoms with Gasteiger partial charge >= 0.3 is 5.97 Å². The second kappa shape index (κ2) is 5.00. The molecule has 0 saturated heterocycles. The van der Waals surface area contributed by atoms with Gasteiger partial charge in [0.2, 0.25) is 0 Å². The molecule has 4 nitrogen and oxygen atoms in total. The summed E-state index contributed by atoms with van der Waals surface area (Å²) in [6, 6.07) is 3.85. The molecule has 0 saturated carbocycles. The van der Waals surface area contributed by atoms with Gasteiger partial charge in [0.05, 0.1) is 5.88 Å². The molecule has 0 aliphatic heterocycles. The van der Waals surface area contributed by atoms with E-state index in [1.54, 1.807) is 12.1 Å². The summed E-state index contributed by atoms with van der Waals surface area (Å²) in [5.41, 5.74) is 6.71. The highest BCUT2D eigenvalue weighted by molar-refractivity contribution is 6.17. The first-order valence-corrected chi connectivity index (χ1v) is 4.93. The van der Waals surface area contributed by atoms with Crippen molar-refractivity contribution in [2.24, 2.45) is 5.73 Å². The quantitative estimate of drug-likeness (QED) is 0.675. The SMILES string of the molecule is N[C@H](Cc1ccc(O)c(CCl)c1)C(=O)O. The van der Waals surface area contributed by atoms with Crippen LogP contribution < -0.4 is 5.73 Å². The lowest BCUT2D eigenvalue weighted by Gasteiger charge is -2.08. The Labute approximate surface area is 92.3 Å². The molecule has 5 heteroatoms. The molecule has 1 aromatic carbocycles. The lowest BCUT2D eigenvalue weighted by molar-refractivity contribution is -0.138. The highest BCUT2D eigenvalue weighted by atomic mass is 35.5. The van der Waals surface area contributed by atoms with Crippen molar-refractivity contribution >= 4 is 17.6 Å². The molecule has 0 spiro atoms. The molecule has 0 amide bonds. The van der Waals surface area contributed by atoms with E-state index in [1.807, 2.05) is 0 Å². The normalized spacial score (nSPS) is 12.4. The number of benzene rings is 1. The third kappa shape index (κ3) is 3.11. The Bertz CT molecular complexity index is 368. The maximum Gasteiger partial charge on any atom is 0.320 e. The number of halogens is 1. The summed E-state index contributed by atoms with van der Waals surface area (Å²) in [4.78, 5) is 10.5. The molecule has 1 aromatic rings. The predicted molar refractivity (Wildman–Crippen MR) is 57.0 cm³/mol. The van der Waals surface area contributed by atoms with Crippen molar-refractivity contribution in [2.45, 2.75) is 18.3 Å². The Morgan fingerprint density at radius 2 is 2.20 bits per heavy atom. The Balaban J connectivity index is 2.83. The van der Waals surface area contributed by atoms with E-state index in [2.05, 4.69) is 0 Å². The lowest BCUT2D eigenvalue weighted by Crippen LogP contribution is -2.32. The van der Waals surface area contributed by atoms with Gasteiger partial charge in [0, 0.05) is 5.56 Å². The number of aliphatic carboxylic acids is 1. The van der Waals surface area contributed by atoms with Crippen LogP contribution in [-0.4, -0.2) is 22.2 Å². The van der Waals surface area contributed by atoms with Crippen LogP contribution in [0.5, 0.6) is 5.75 Å². The maximum absolute atomic E-state index is 10.5. The number of carbonyl (C=O) groups is 1. The van der Waals surface area contributed by atoms with Gasteiger partial charge in [-0.05, 0) is 18.1 Å². The summed E-state index contributed by atoms with van der Waals surface area (Å²) in [6.07, 6.45) is 0.222. The van der Waals surface area contributed by atoms with Gasteiger partial charge in [-0.1, -0.05) is 12.1 Å². The number of nitrogens with two attached hydrogens (primary N) is 1. The van der Waals surface area contributed by atoms with E-state index in [1.165, 1.54) is 6.07 Å². The number of alkyl halides is 1. The van der Waals surface area contributed by atoms with Gasteiger partial charge in [0.15, 0.2) is 0 Å². The Morgan fingerprint density at radius 1 is 1.53 bits per heavy atom. The molecule has 15 heavy (non-hydrogen) atoms. The van der Waals surface area contributed by atoms with Crippen molar-refractivity contribution in [3.05, 3.63) is 29.3 Å². The number of phenols is 1. The van der Waals surface area contributed by atoms with Crippen LogP contribution in [-0.2, 0) is 17.1 Å². The predicted octanol–water partition coefficient (Wildman–Crippen LogP) is 1.09.